The highest BCUT2D eigenvalue weighted by molar-refractivity contribution is 9.10. The van der Waals surface area contributed by atoms with Crippen molar-refractivity contribution in [1.82, 2.24) is 5.43 Å². The maximum absolute atomic E-state index is 13.0. The Morgan fingerprint density at radius 1 is 1.33 bits per heavy atom. The largest absolute Gasteiger partial charge is 0.389 e. The van der Waals surface area contributed by atoms with Crippen molar-refractivity contribution < 1.29 is 17.6 Å². The van der Waals surface area contributed by atoms with Crippen molar-refractivity contribution in [2.75, 3.05) is 0 Å². The van der Waals surface area contributed by atoms with E-state index in [2.05, 4.69) is 21.4 Å². The van der Waals surface area contributed by atoms with Gasteiger partial charge in [0.05, 0.1) is 4.47 Å². The molecule has 1 aromatic carbocycles. The van der Waals surface area contributed by atoms with Gasteiger partial charge in [-0.05, 0) is 46.5 Å². The van der Waals surface area contributed by atoms with Crippen LogP contribution in [-0.4, -0.2) is 6.18 Å². The lowest BCUT2D eigenvalue weighted by molar-refractivity contribution is -0.135. The average Bonchev–Trinajstić information content (AvgIpc) is 2.27. The van der Waals surface area contributed by atoms with Crippen LogP contribution in [0.25, 0.3) is 0 Å². The van der Waals surface area contributed by atoms with Gasteiger partial charge in [0.1, 0.15) is 5.82 Å². The van der Waals surface area contributed by atoms with Crippen molar-refractivity contribution in [2.45, 2.75) is 31.5 Å². The van der Waals surface area contributed by atoms with Gasteiger partial charge in [-0.25, -0.2) is 4.39 Å². The monoisotopic (exact) mass is 328 g/mol. The first-order valence-corrected chi connectivity index (χ1v) is 6.10. The van der Waals surface area contributed by atoms with Gasteiger partial charge in [0.2, 0.25) is 0 Å². The van der Waals surface area contributed by atoms with E-state index in [9.17, 15) is 17.6 Å². The summed E-state index contributed by atoms with van der Waals surface area (Å²) < 4.78 is 49.3. The highest BCUT2D eigenvalue weighted by Crippen LogP contribution is 2.27. The molecule has 0 saturated heterocycles. The molecule has 0 aliphatic rings. The highest BCUT2D eigenvalue weighted by atomic mass is 79.9. The third-order valence-electron chi connectivity index (χ3n) is 2.50. The Morgan fingerprint density at radius 3 is 2.50 bits per heavy atom. The molecule has 1 rings (SSSR count). The lowest BCUT2D eigenvalue weighted by Crippen LogP contribution is -2.28. The first-order valence-electron chi connectivity index (χ1n) is 5.31. The quantitative estimate of drug-likeness (QED) is 0.490. The predicted molar refractivity (Wildman–Crippen MR) is 64.1 cm³/mol. The molecule has 0 fully saturated rings. The third kappa shape index (κ3) is 4.91. The Hall–Kier alpha value is -0.660. The summed E-state index contributed by atoms with van der Waals surface area (Å²) in [6.45, 7) is 0. The summed E-state index contributed by atoms with van der Waals surface area (Å²) in [6, 6.07) is 3.82. The second-order valence-corrected chi connectivity index (χ2v) is 4.75. The molecule has 0 radical (unpaired) electrons. The van der Waals surface area contributed by atoms with Crippen LogP contribution in [-0.2, 0) is 0 Å². The number of halogens is 5. The Labute approximate surface area is 111 Å². The molecule has 1 atom stereocenters. The molecular weight excluding hydrogens is 316 g/mol. The molecule has 0 aromatic heterocycles. The predicted octanol–water partition coefficient (Wildman–Crippen LogP) is 3.83. The maximum atomic E-state index is 13.0. The van der Waals surface area contributed by atoms with Gasteiger partial charge in [-0.2, -0.15) is 13.2 Å². The molecule has 2 nitrogen and oxygen atoms in total. The summed E-state index contributed by atoms with van der Waals surface area (Å²) in [4.78, 5) is 0. The van der Waals surface area contributed by atoms with E-state index in [1.807, 2.05) is 0 Å². The summed E-state index contributed by atoms with van der Waals surface area (Å²) in [7, 11) is 0. The average molecular weight is 329 g/mol. The number of alkyl halides is 3. The van der Waals surface area contributed by atoms with Gasteiger partial charge >= 0.3 is 6.18 Å². The van der Waals surface area contributed by atoms with Crippen molar-refractivity contribution >= 4 is 15.9 Å². The molecule has 0 bridgehead atoms. The van der Waals surface area contributed by atoms with E-state index in [1.165, 1.54) is 18.2 Å². The first kappa shape index (κ1) is 15.4. The molecule has 1 aromatic rings. The van der Waals surface area contributed by atoms with Gasteiger partial charge in [0.25, 0.3) is 0 Å². The van der Waals surface area contributed by atoms with Crippen LogP contribution in [0.2, 0.25) is 0 Å². The van der Waals surface area contributed by atoms with Crippen LogP contribution in [0, 0.1) is 5.82 Å². The van der Waals surface area contributed by atoms with Gasteiger partial charge in [-0.3, -0.25) is 11.3 Å². The van der Waals surface area contributed by atoms with Crippen molar-refractivity contribution in [3.63, 3.8) is 0 Å². The summed E-state index contributed by atoms with van der Waals surface area (Å²) in [6.07, 6.45) is -4.82. The topological polar surface area (TPSA) is 38.0 Å². The molecule has 3 N–H and O–H groups in total. The molecule has 0 aliphatic heterocycles. The van der Waals surface area contributed by atoms with Crippen LogP contribution >= 0.6 is 15.9 Å². The van der Waals surface area contributed by atoms with E-state index in [-0.39, 0.29) is 17.3 Å². The summed E-state index contributed by atoms with van der Waals surface area (Å²) >= 11 is 3.02. The lowest BCUT2D eigenvalue weighted by atomic mass is 10.0. The van der Waals surface area contributed by atoms with Crippen LogP contribution in [0.4, 0.5) is 17.6 Å². The molecule has 0 saturated carbocycles. The Kier molecular flexibility index (Phi) is 5.55. The number of hydrogen-bond donors (Lipinski definition) is 2. The highest BCUT2D eigenvalue weighted by Gasteiger charge is 2.26. The smallest absolute Gasteiger partial charge is 0.271 e. The molecule has 0 aliphatic carbocycles. The number of hydrogen-bond acceptors (Lipinski definition) is 2. The Bertz CT molecular complexity index is 395. The fraction of sp³-hybridized carbons (Fsp3) is 0.455. The van der Waals surface area contributed by atoms with Crippen LogP contribution in [0.15, 0.2) is 22.7 Å². The zero-order valence-corrected chi connectivity index (χ0v) is 11.0. The molecule has 0 spiro atoms. The summed E-state index contributed by atoms with van der Waals surface area (Å²) in [5, 5.41) is 0. The minimum atomic E-state index is -4.16. The van der Waals surface area contributed by atoms with Crippen molar-refractivity contribution in [3.05, 3.63) is 34.1 Å². The molecule has 102 valence electrons. The van der Waals surface area contributed by atoms with Crippen LogP contribution in [0.3, 0.4) is 0 Å². The second kappa shape index (κ2) is 6.49. The molecule has 7 heteroatoms. The second-order valence-electron chi connectivity index (χ2n) is 3.90. The number of nitrogens with two attached hydrogens (primary N) is 1. The summed E-state index contributed by atoms with van der Waals surface area (Å²) in [5.41, 5.74) is 3.09. The fourth-order valence-electron chi connectivity index (χ4n) is 1.58. The van der Waals surface area contributed by atoms with Crippen molar-refractivity contribution in [1.29, 1.82) is 0 Å². The first-order chi connectivity index (χ1) is 8.33. The standard InChI is InChI=1S/C11H13BrF4N2/c12-8-6-7(3-4-9(8)13)10(18-17)2-1-5-11(14,15)16/h3-4,6,10,18H,1-2,5,17H2. The maximum Gasteiger partial charge on any atom is 0.389 e. The van der Waals surface area contributed by atoms with Gasteiger partial charge in [-0.1, -0.05) is 6.07 Å². The molecule has 18 heavy (non-hydrogen) atoms. The Balaban J connectivity index is 2.63. The fourth-order valence-corrected chi connectivity index (χ4v) is 1.98. The van der Waals surface area contributed by atoms with Crippen molar-refractivity contribution in [3.8, 4) is 0 Å². The number of nitrogens with one attached hydrogen (secondary N) is 1. The zero-order valence-electron chi connectivity index (χ0n) is 9.40. The Morgan fingerprint density at radius 2 is 2.00 bits per heavy atom. The number of benzene rings is 1. The third-order valence-corrected chi connectivity index (χ3v) is 3.11. The summed E-state index contributed by atoms with van der Waals surface area (Å²) in [5.74, 6) is 4.88. The van der Waals surface area contributed by atoms with Crippen LogP contribution < -0.4 is 11.3 Å². The van der Waals surface area contributed by atoms with E-state index in [0.29, 0.717) is 5.56 Å². The number of rotatable bonds is 5. The van der Waals surface area contributed by atoms with Crippen LogP contribution in [0.5, 0.6) is 0 Å². The van der Waals surface area contributed by atoms with E-state index in [4.69, 9.17) is 5.84 Å². The normalized spacial score (nSPS) is 13.7. The molecule has 0 amide bonds. The number of hydrazine groups is 1. The minimum absolute atomic E-state index is 0.0344. The molecule has 1 unspecified atom stereocenters. The van der Waals surface area contributed by atoms with E-state index < -0.39 is 24.5 Å². The van der Waals surface area contributed by atoms with Gasteiger partial charge < -0.3 is 0 Å². The molecule has 0 heterocycles. The van der Waals surface area contributed by atoms with E-state index in [1.54, 1.807) is 0 Å². The van der Waals surface area contributed by atoms with E-state index >= 15 is 0 Å². The zero-order chi connectivity index (χ0) is 13.8. The van der Waals surface area contributed by atoms with Gasteiger partial charge in [0, 0.05) is 12.5 Å². The van der Waals surface area contributed by atoms with Crippen molar-refractivity contribution in [2.24, 2.45) is 5.84 Å². The van der Waals surface area contributed by atoms with E-state index in [0.717, 1.165) is 0 Å². The molecular formula is C11H13BrF4N2. The lowest BCUT2D eigenvalue weighted by Gasteiger charge is -2.17. The minimum Gasteiger partial charge on any atom is -0.271 e. The SMILES string of the molecule is NNC(CCCC(F)(F)F)c1ccc(F)c(Br)c1. The van der Waals surface area contributed by atoms with Crippen LogP contribution in [0.1, 0.15) is 30.9 Å². The van der Waals surface area contributed by atoms with Gasteiger partial charge in [0.15, 0.2) is 0 Å². The van der Waals surface area contributed by atoms with Gasteiger partial charge in [-0.15, -0.1) is 0 Å².